The lowest BCUT2D eigenvalue weighted by molar-refractivity contribution is 0.0690. The van der Waals surface area contributed by atoms with E-state index < -0.39 is 5.97 Å². The van der Waals surface area contributed by atoms with Crippen LogP contribution >= 0.6 is 22.9 Å². The summed E-state index contributed by atoms with van der Waals surface area (Å²) in [5.74, 6) is -0.771. The third-order valence-corrected chi connectivity index (χ3v) is 2.83. The van der Waals surface area contributed by atoms with E-state index >= 15 is 0 Å². The molecule has 0 aliphatic carbocycles. The number of hydrogen-bond donors (Lipinski definition) is 1. The second kappa shape index (κ2) is 3.96. The summed E-state index contributed by atoms with van der Waals surface area (Å²) in [7, 11) is 0. The number of nitrogens with zero attached hydrogens (tertiary/aromatic N) is 2. The van der Waals surface area contributed by atoms with Crippen LogP contribution in [0.2, 0.25) is 5.02 Å². The number of rotatable bonds is 2. The molecule has 2 rings (SSSR count). The normalized spacial score (nSPS) is 10.2. The van der Waals surface area contributed by atoms with Gasteiger partial charge < -0.3 is 5.11 Å². The van der Waals surface area contributed by atoms with E-state index in [0.29, 0.717) is 5.82 Å². The Morgan fingerprint density at radius 2 is 2.33 bits per heavy atom. The molecule has 2 heterocycles. The van der Waals surface area contributed by atoms with Gasteiger partial charge >= 0.3 is 5.97 Å². The SMILES string of the molecule is O=C(O)c1nc(-c2cccs2)ncc1Cl. The van der Waals surface area contributed by atoms with Gasteiger partial charge in [0.1, 0.15) is 0 Å². The van der Waals surface area contributed by atoms with Crippen LogP contribution in [-0.4, -0.2) is 21.0 Å². The van der Waals surface area contributed by atoms with E-state index in [1.807, 2.05) is 17.5 Å². The van der Waals surface area contributed by atoms with Crippen LogP contribution < -0.4 is 0 Å². The third-order valence-electron chi connectivity index (χ3n) is 1.69. The minimum Gasteiger partial charge on any atom is -0.476 e. The molecule has 0 amide bonds. The number of aromatic carboxylic acids is 1. The summed E-state index contributed by atoms with van der Waals surface area (Å²) >= 11 is 7.09. The van der Waals surface area contributed by atoms with Crippen molar-refractivity contribution in [3.05, 3.63) is 34.4 Å². The van der Waals surface area contributed by atoms with Crippen LogP contribution in [0.15, 0.2) is 23.7 Å². The van der Waals surface area contributed by atoms with Crippen LogP contribution in [-0.2, 0) is 0 Å². The lowest BCUT2D eigenvalue weighted by Crippen LogP contribution is -2.03. The maximum atomic E-state index is 10.8. The maximum absolute atomic E-state index is 10.8. The molecule has 2 aromatic rings. The van der Waals surface area contributed by atoms with Crippen LogP contribution in [0.5, 0.6) is 0 Å². The smallest absolute Gasteiger partial charge is 0.356 e. The van der Waals surface area contributed by atoms with Crippen molar-refractivity contribution >= 4 is 28.9 Å². The molecule has 0 bridgehead atoms. The highest BCUT2D eigenvalue weighted by molar-refractivity contribution is 7.13. The molecule has 0 aliphatic rings. The van der Waals surface area contributed by atoms with Gasteiger partial charge in [0.25, 0.3) is 0 Å². The minimum absolute atomic E-state index is 0.0443. The van der Waals surface area contributed by atoms with Crippen LogP contribution in [0.25, 0.3) is 10.7 Å². The molecule has 0 fully saturated rings. The van der Waals surface area contributed by atoms with Crippen molar-refractivity contribution in [2.75, 3.05) is 0 Å². The molecular weight excluding hydrogens is 236 g/mol. The molecule has 0 radical (unpaired) electrons. The second-order valence-electron chi connectivity index (χ2n) is 2.67. The maximum Gasteiger partial charge on any atom is 0.356 e. The molecular formula is C9H5ClN2O2S. The van der Waals surface area contributed by atoms with Crippen molar-refractivity contribution in [2.24, 2.45) is 0 Å². The zero-order valence-corrected chi connectivity index (χ0v) is 8.92. The predicted octanol–water partition coefficient (Wildman–Crippen LogP) is 2.56. The Labute approximate surface area is 94.2 Å². The van der Waals surface area contributed by atoms with E-state index in [0.717, 1.165) is 4.88 Å². The summed E-state index contributed by atoms with van der Waals surface area (Å²) in [6.45, 7) is 0. The van der Waals surface area contributed by atoms with E-state index in [-0.39, 0.29) is 10.7 Å². The first-order valence-electron chi connectivity index (χ1n) is 3.98. The fraction of sp³-hybridized carbons (Fsp3) is 0. The van der Waals surface area contributed by atoms with Crippen molar-refractivity contribution in [1.82, 2.24) is 9.97 Å². The topological polar surface area (TPSA) is 63.1 Å². The number of carboxylic acid groups (broad SMARTS) is 1. The Morgan fingerprint density at radius 3 is 2.93 bits per heavy atom. The Hall–Kier alpha value is -1.46. The lowest BCUT2D eigenvalue weighted by Gasteiger charge is -1.99. The fourth-order valence-corrected chi connectivity index (χ4v) is 1.88. The Kier molecular flexibility index (Phi) is 2.66. The molecule has 1 N–H and O–H groups in total. The zero-order valence-electron chi connectivity index (χ0n) is 7.35. The van der Waals surface area contributed by atoms with Crippen molar-refractivity contribution in [3.63, 3.8) is 0 Å². The monoisotopic (exact) mass is 240 g/mol. The first kappa shape index (κ1) is 10.1. The largest absolute Gasteiger partial charge is 0.476 e. The van der Waals surface area contributed by atoms with E-state index in [1.54, 1.807) is 0 Å². The highest BCUT2D eigenvalue weighted by atomic mass is 35.5. The standard InChI is InChI=1S/C9H5ClN2O2S/c10-5-4-11-8(6-2-1-3-15-6)12-7(5)9(13)14/h1-4H,(H,13,14). The highest BCUT2D eigenvalue weighted by Crippen LogP contribution is 2.23. The predicted molar refractivity (Wildman–Crippen MR) is 57.3 cm³/mol. The summed E-state index contributed by atoms with van der Waals surface area (Å²) in [4.78, 5) is 19.4. The van der Waals surface area contributed by atoms with Gasteiger partial charge in [-0.1, -0.05) is 17.7 Å². The van der Waals surface area contributed by atoms with Crippen molar-refractivity contribution in [1.29, 1.82) is 0 Å². The second-order valence-corrected chi connectivity index (χ2v) is 4.03. The van der Waals surface area contributed by atoms with Crippen molar-refractivity contribution in [3.8, 4) is 10.7 Å². The average Bonchev–Trinajstić information content (AvgIpc) is 2.71. The Balaban J connectivity index is 2.52. The molecule has 0 saturated heterocycles. The lowest BCUT2D eigenvalue weighted by atomic mass is 10.3. The summed E-state index contributed by atoms with van der Waals surface area (Å²) in [5, 5.41) is 10.7. The van der Waals surface area contributed by atoms with Gasteiger partial charge in [0, 0.05) is 0 Å². The van der Waals surface area contributed by atoms with Gasteiger partial charge in [0.2, 0.25) is 0 Å². The summed E-state index contributed by atoms with van der Waals surface area (Å²) in [6, 6.07) is 3.66. The van der Waals surface area contributed by atoms with Crippen LogP contribution in [0.1, 0.15) is 10.5 Å². The quantitative estimate of drug-likeness (QED) is 0.876. The van der Waals surface area contributed by atoms with Gasteiger partial charge in [-0.05, 0) is 11.4 Å². The van der Waals surface area contributed by atoms with Gasteiger partial charge in [-0.25, -0.2) is 14.8 Å². The van der Waals surface area contributed by atoms with Crippen LogP contribution in [0, 0.1) is 0 Å². The molecule has 0 aromatic carbocycles. The van der Waals surface area contributed by atoms with Crippen LogP contribution in [0.4, 0.5) is 0 Å². The number of hydrogen-bond acceptors (Lipinski definition) is 4. The summed E-state index contributed by atoms with van der Waals surface area (Å²) < 4.78 is 0. The molecule has 0 saturated carbocycles. The molecule has 0 atom stereocenters. The Bertz CT molecular complexity index is 499. The third kappa shape index (κ3) is 1.98. The number of carbonyl (C=O) groups is 1. The molecule has 4 nitrogen and oxygen atoms in total. The molecule has 0 spiro atoms. The van der Waals surface area contributed by atoms with Gasteiger partial charge in [-0.3, -0.25) is 0 Å². The van der Waals surface area contributed by atoms with Gasteiger partial charge in [-0.15, -0.1) is 11.3 Å². The molecule has 6 heteroatoms. The van der Waals surface area contributed by atoms with Gasteiger partial charge in [0.15, 0.2) is 11.5 Å². The number of carboxylic acids is 1. The van der Waals surface area contributed by atoms with Crippen molar-refractivity contribution in [2.45, 2.75) is 0 Å². The first-order valence-corrected chi connectivity index (χ1v) is 5.24. The molecule has 0 aliphatic heterocycles. The minimum atomic E-state index is -1.15. The van der Waals surface area contributed by atoms with E-state index in [1.165, 1.54) is 17.5 Å². The van der Waals surface area contributed by atoms with Crippen LogP contribution in [0.3, 0.4) is 0 Å². The first-order chi connectivity index (χ1) is 7.18. The van der Waals surface area contributed by atoms with Crippen molar-refractivity contribution < 1.29 is 9.90 Å². The van der Waals surface area contributed by atoms with Gasteiger partial charge in [-0.2, -0.15) is 0 Å². The van der Waals surface area contributed by atoms with E-state index in [4.69, 9.17) is 16.7 Å². The molecule has 15 heavy (non-hydrogen) atoms. The Morgan fingerprint density at radius 1 is 1.53 bits per heavy atom. The number of aromatic nitrogens is 2. The van der Waals surface area contributed by atoms with E-state index in [2.05, 4.69) is 9.97 Å². The fourth-order valence-electron chi connectivity index (χ4n) is 1.04. The van der Waals surface area contributed by atoms with Gasteiger partial charge in [0.05, 0.1) is 16.1 Å². The van der Waals surface area contributed by atoms with E-state index in [9.17, 15) is 4.79 Å². The summed E-state index contributed by atoms with van der Waals surface area (Å²) in [5.41, 5.74) is -0.171. The highest BCUT2D eigenvalue weighted by Gasteiger charge is 2.13. The molecule has 76 valence electrons. The average molecular weight is 241 g/mol. The summed E-state index contributed by atoms with van der Waals surface area (Å²) in [6.07, 6.45) is 1.30. The molecule has 0 unspecified atom stereocenters. The molecule has 2 aromatic heterocycles. The number of halogens is 1. The zero-order chi connectivity index (χ0) is 10.8. The number of thiophene rings is 1.